The fraction of sp³-hybridized carbons (Fsp3) is 0.500. The second-order valence-electron chi connectivity index (χ2n) is 5.41. The molecular formula is C16H23NO3. The number of benzene rings is 1. The summed E-state index contributed by atoms with van der Waals surface area (Å²) in [5.41, 5.74) is 0.963. The maximum Gasteiger partial charge on any atom is 0.319 e. The number of ether oxygens (including phenoxy) is 1. The van der Waals surface area contributed by atoms with Crippen molar-refractivity contribution in [2.75, 3.05) is 25.1 Å². The van der Waals surface area contributed by atoms with Gasteiger partial charge >= 0.3 is 5.97 Å². The Morgan fingerprint density at radius 2 is 1.85 bits per heavy atom. The smallest absolute Gasteiger partial charge is 0.319 e. The van der Waals surface area contributed by atoms with Crippen LogP contribution in [0.5, 0.6) is 0 Å². The normalized spacial score (nSPS) is 11.1. The summed E-state index contributed by atoms with van der Waals surface area (Å²) in [6.45, 7) is 7.41. The second-order valence-corrected chi connectivity index (χ2v) is 5.41. The van der Waals surface area contributed by atoms with E-state index in [0.29, 0.717) is 0 Å². The largest absolute Gasteiger partial charge is 0.465 e. The van der Waals surface area contributed by atoms with Crippen molar-refractivity contribution >= 4 is 17.4 Å². The van der Waals surface area contributed by atoms with Crippen LogP contribution in [-0.4, -0.2) is 32.0 Å². The van der Waals surface area contributed by atoms with Crippen molar-refractivity contribution in [1.29, 1.82) is 0 Å². The van der Waals surface area contributed by atoms with E-state index in [-0.39, 0.29) is 18.9 Å². The topological polar surface area (TPSA) is 46.6 Å². The molecule has 0 radical (unpaired) electrons. The maximum atomic E-state index is 12.3. The standard InChI is InChI=1S/C16H23NO3/c1-6-20-15(19)16(3,4)14(18)11-17(5)13-10-8-7-9-12(13)2/h7-10H,6,11H2,1-5H3. The number of hydrogen-bond donors (Lipinski definition) is 0. The molecule has 0 aromatic heterocycles. The molecule has 110 valence electrons. The third kappa shape index (κ3) is 3.59. The van der Waals surface area contributed by atoms with Crippen LogP contribution in [0.1, 0.15) is 26.3 Å². The number of nitrogens with zero attached hydrogens (tertiary/aromatic N) is 1. The highest BCUT2D eigenvalue weighted by molar-refractivity contribution is 6.04. The predicted octanol–water partition coefficient (Wildman–Crippen LogP) is 2.59. The molecular weight excluding hydrogens is 254 g/mol. The molecule has 0 unspecified atom stereocenters. The number of rotatable bonds is 6. The van der Waals surface area contributed by atoms with Gasteiger partial charge in [0, 0.05) is 12.7 Å². The van der Waals surface area contributed by atoms with Crippen LogP contribution in [0.15, 0.2) is 24.3 Å². The Kier molecular flexibility index (Phi) is 5.31. The molecule has 1 aromatic rings. The molecule has 0 saturated carbocycles. The Morgan fingerprint density at radius 3 is 2.40 bits per heavy atom. The lowest BCUT2D eigenvalue weighted by Gasteiger charge is -2.26. The third-order valence-electron chi connectivity index (χ3n) is 3.39. The minimum Gasteiger partial charge on any atom is -0.465 e. The van der Waals surface area contributed by atoms with Gasteiger partial charge in [-0.05, 0) is 39.3 Å². The van der Waals surface area contributed by atoms with Gasteiger partial charge < -0.3 is 9.64 Å². The highest BCUT2D eigenvalue weighted by Crippen LogP contribution is 2.22. The number of carbonyl (C=O) groups is 2. The van der Waals surface area contributed by atoms with Crippen LogP contribution in [0.2, 0.25) is 0 Å². The van der Waals surface area contributed by atoms with Gasteiger partial charge in [0.15, 0.2) is 5.78 Å². The average Bonchev–Trinajstić information content (AvgIpc) is 2.39. The van der Waals surface area contributed by atoms with Crippen molar-refractivity contribution in [3.63, 3.8) is 0 Å². The fourth-order valence-corrected chi connectivity index (χ4v) is 1.92. The Balaban J connectivity index is 2.80. The monoisotopic (exact) mass is 277 g/mol. The van der Waals surface area contributed by atoms with E-state index in [1.807, 2.05) is 43.1 Å². The number of likely N-dealkylation sites (N-methyl/N-ethyl adjacent to an activating group) is 1. The summed E-state index contributed by atoms with van der Waals surface area (Å²) >= 11 is 0. The van der Waals surface area contributed by atoms with Gasteiger partial charge in [0.1, 0.15) is 5.41 Å². The minimum absolute atomic E-state index is 0.151. The van der Waals surface area contributed by atoms with E-state index in [2.05, 4.69) is 0 Å². The van der Waals surface area contributed by atoms with E-state index < -0.39 is 11.4 Å². The summed E-state index contributed by atoms with van der Waals surface area (Å²) in [6, 6.07) is 7.84. The number of Topliss-reactive ketones (excluding diaryl/α,β-unsaturated/α-hetero) is 1. The van der Waals surface area contributed by atoms with E-state index in [1.165, 1.54) is 0 Å². The first-order valence-corrected chi connectivity index (χ1v) is 6.78. The molecule has 20 heavy (non-hydrogen) atoms. The van der Waals surface area contributed by atoms with Crippen LogP contribution in [0.4, 0.5) is 5.69 Å². The van der Waals surface area contributed by atoms with Gasteiger partial charge in [0.25, 0.3) is 0 Å². The van der Waals surface area contributed by atoms with Crippen molar-refractivity contribution in [3.05, 3.63) is 29.8 Å². The van der Waals surface area contributed by atoms with Crippen molar-refractivity contribution in [2.24, 2.45) is 5.41 Å². The van der Waals surface area contributed by atoms with Gasteiger partial charge in [-0.3, -0.25) is 9.59 Å². The summed E-state index contributed by atoms with van der Waals surface area (Å²) in [6.07, 6.45) is 0. The van der Waals surface area contributed by atoms with Gasteiger partial charge in [-0.1, -0.05) is 18.2 Å². The van der Waals surface area contributed by atoms with Crippen LogP contribution in [-0.2, 0) is 14.3 Å². The lowest BCUT2D eigenvalue weighted by Crippen LogP contribution is -2.41. The van der Waals surface area contributed by atoms with E-state index in [4.69, 9.17) is 4.74 Å². The van der Waals surface area contributed by atoms with Crippen LogP contribution in [0.3, 0.4) is 0 Å². The van der Waals surface area contributed by atoms with Crippen LogP contribution >= 0.6 is 0 Å². The summed E-state index contributed by atoms with van der Waals surface area (Å²) in [5, 5.41) is 0. The van der Waals surface area contributed by atoms with E-state index in [1.54, 1.807) is 20.8 Å². The summed E-state index contributed by atoms with van der Waals surface area (Å²) in [4.78, 5) is 26.0. The first kappa shape index (κ1) is 16.2. The number of ketones is 1. The Hall–Kier alpha value is -1.84. The molecule has 1 rings (SSSR count). The molecule has 0 spiro atoms. The summed E-state index contributed by atoms with van der Waals surface area (Å²) in [5.74, 6) is -0.620. The van der Waals surface area contributed by atoms with E-state index in [0.717, 1.165) is 11.3 Å². The number of hydrogen-bond acceptors (Lipinski definition) is 4. The number of para-hydroxylation sites is 1. The molecule has 0 N–H and O–H groups in total. The first-order chi connectivity index (χ1) is 9.30. The molecule has 4 nitrogen and oxygen atoms in total. The highest BCUT2D eigenvalue weighted by atomic mass is 16.5. The molecule has 0 heterocycles. The van der Waals surface area contributed by atoms with Crippen LogP contribution < -0.4 is 4.90 Å². The lowest BCUT2D eigenvalue weighted by molar-refractivity contribution is -0.157. The fourth-order valence-electron chi connectivity index (χ4n) is 1.92. The van der Waals surface area contributed by atoms with E-state index in [9.17, 15) is 9.59 Å². The van der Waals surface area contributed by atoms with Crippen molar-refractivity contribution in [1.82, 2.24) is 0 Å². The van der Waals surface area contributed by atoms with Crippen molar-refractivity contribution < 1.29 is 14.3 Å². The van der Waals surface area contributed by atoms with Crippen LogP contribution in [0, 0.1) is 12.3 Å². The van der Waals surface area contributed by atoms with Crippen molar-refractivity contribution in [3.8, 4) is 0 Å². The molecule has 0 bridgehead atoms. The average molecular weight is 277 g/mol. The molecule has 0 aliphatic carbocycles. The molecule has 0 aliphatic rings. The summed E-state index contributed by atoms with van der Waals surface area (Å²) < 4.78 is 4.96. The molecule has 0 atom stereocenters. The molecule has 0 amide bonds. The third-order valence-corrected chi connectivity index (χ3v) is 3.39. The zero-order chi connectivity index (χ0) is 15.3. The molecule has 1 aromatic carbocycles. The summed E-state index contributed by atoms with van der Waals surface area (Å²) in [7, 11) is 1.85. The number of anilines is 1. The number of carbonyl (C=O) groups excluding carboxylic acids is 2. The van der Waals surface area contributed by atoms with Gasteiger partial charge in [0.05, 0.1) is 13.2 Å². The Labute approximate surface area is 120 Å². The zero-order valence-corrected chi connectivity index (χ0v) is 12.9. The number of aryl methyl sites for hydroxylation is 1. The minimum atomic E-state index is -1.12. The van der Waals surface area contributed by atoms with E-state index >= 15 is 0 Å². The predicted molar refractivity (Wildman–Crippen MR) is 79.9 cm³/mol. The zero-order valence-electron chi connectivity index (χ0n) is 12.9. The quantitative estimate of drug-likeness (QED) is 0.592. The SMILES string of the molecule is CCOC(=O)C(C)(C)C(=O)CN(C)c1ccccc1C. The maximum absolute atomic E-state index is 12.3. The van der Waals surface area contributed by atoms with Gasteiger partial charge in [-0.25, -0.2) is 0 Å². The van der Waals surface area contributed by atoms with Crippen LogP contribution in [0.25, 0.3) is 0 Å². The highest BCUT2D eigenvalue weighted by Gasteiger charge is 2.37. The Morgan fingerprint density at radius 1 is 1.25 bits per heavy atom. The molecule has 4 heteroatoms. The molecule has 0 fully saturated rings. The second kappa shape index (κ2) is 6.55. The van der Waals surface area contributed by atoms with Gasteiger partial charge in [-0.2, -0.15) is 0 Å². The van der Waals surface area contributed by atoms with Gasteiger partial charge in [0.2, 0.25) is 0 Å². The van der Waals surface area contributed by atoms with Gasteiger partial charge in [-0.15, -0.1) is 0 Å². The van der Waals surface area contributed by atoms with Crippen molar-refractivity contribution in [2.45, 2.75) is 27.7 Å². The molecule has 0 aliphatic heterocycles. The lowest BCUT2D eigenvalue weighted by atomic mass is 9.87. The Bertz CT molecular complexity index is 494. The first-order valence-electron chi connectivity index (χ1n) is 6.78. The number of esters is 1. The molecule has 0 saturated heterocycles.